The van der Waals surface area contributed by atoms with Crippen LogP contribution in [0.15, 0.2) is 29.2 Å². The molecule has 0 saturated heterocycles. The van der Waals surface area contributed by atoms with Crippen molar-refractivity contribution in [3.63, 3.8) is 0 Å². The van der Waals surface area contributed by atoms with E-state index in [0.717, 1.165) is 6.07 Å². The molecule has 0 aliphatic rings. The van der Waals surface area contributed by atoms with Gasteiger partial charge in [-0.2, -0.15) is 13.2 Å². The summed E-state index contributed by atoms with van der Waals surface area (Å²) in [4.78, 5) is 11.4. The quantitative estimate of drug-likeness (QED) is 0.631. The van der Waals surface area contributed by atoms with E-state index in [1.165, 1.54) is 18.2 Å². The van der Waals surface area contributed by atoms with Crippen molar-refractivity contribution in [3.05, 3.63) is 29.8 Å². The largest absolute Gasteiger partial charge is 0.405 e. The number of carbonyl (C=O) groups is 1. The van der Waals surface area contributed by atoms with Crippen LogP contribution in [0, 0.1) is 0 Å². The predicted molar refractivity (Wildman–Crippen MR) is 73.9 cm³/mol. The molecule has 0 unspecified atom stereocenters. The Bertz CT molecular complexity index is 618. The maximum atomic E-state index is 12.0. The first-order valence-electron chi connectivity index (χ1n) is 6.25. The minimum Gasteiger partial charge on any atom is -0.343 e. The van der Waals surface area contributed by atoms with Gasteiger partial charge in [0.05, 0.1) is 4.90 Å². The summed E-state index contributed by atoms with van der Waals surface area (Å²) >= 11 is 0. The summed E-state index contributed by atoms with van der Waals surface area (Å²) in [5.74, 6) is -0.996. The molecule has 0 fully saturated rings. The highest BCUT2D eigenvalue weighted by molar-refractivity contribution is 7.89. The van der Waals surface area contributed by atoms with Gasteiger partial charge in [0.2, 0.25) is 10.0 Å². The van der Waals surface area contributed by atoms with Crippen LogP contribution in [0.25, 0.3) is 0 Å². The molecule has 0 atom stereocenters. The third kappa shape index (κ3) is 6.00. The monoisotopic (exact) mass is 339 g/mol. The molecule has 0 radical (unpaired) electrons. The average Bonchev–Trinajstić information content (AvgIpc) is 2.44. The zero-order valence-corrected chi connectivity index (χ0v) is 12.5. The van der Waals surface area contributed by atoms with Crippen molar-refractivity contribution in [2.45, 2.75) is 11.1 Å². The fourth-order valence-corrected chi connectivity index (χ4v) is 2.56. The van der Waals surface area contributed by atoms with Gasteiger partial charge in [0.1, 0.15) is 6.54 Å². The van der Waals surface area contributed by atoms with Crippen LogP contribution in [0.4, 0.5) is 13.2 Å². The van der Waals surface area contributed by atoms with E-state index in [1.807, 2.05) is 0 Å². The van der Waals surface area contributed by atoms with E-state index < -0.39 is 28.7 Å². The number of alkyl halides is 3. The summed E-state index contributed by atoms with van der Waals surface area (Å²) in [6.45, 7) is -0.933. The number of rotatable bonds is 7. The highest BCUT2D eigenvalue weighted by Gasteiger charge is 2.28. The standard InChI is InChI=1S/C12H16F3N3O3S/c1-16-5-6-18-22(20,21)10-4-2-3-9(7-10)11(19)17-8-12(13,14)15/h2-4,7,16,18H,5-6,8H2,1H3,(H,17,19). The molecule has 0 aliphatic carbocycles. The van der Waals surface area contributed by atoms with Crippen molar-refractivity contribution in [2.75, 3.05) is 26.7 Å². The number of amides is 1. The second-order valence-electron chi connectivity index (χ2n) is 4.33. The van der Waals surface area contributed by atoms with Crippen LogP contribution in [-0.4, -0.2) is 47.2 Å². The Morgan fingerprint density at radius 3 is 2.50 bits per heavy atom. The number of halogens is 3. The van der Waals surface area contributed by atoms with E-state index in [2.05, 4.69) is 10.0 Å². The molecule has 6 nitrogen and oxygen atoms in total. The fraction of sp³-hybridized carbons (Fsp3) is 0.417. The third-order valence-electron chi connectivity index (χ3n) is 2.52. The summed E-state index contributed by atoms with van der Waals surface area (Å²) < 4.78 is 62.3. The van der Waals surface area contributed by atoms with Crippen LogP contribution >= 0.6 is 0 Å². The number of hydrogen-bond acceptors (Lipinski definition) is 4. The van der Waals surface area contributed by atoms with Crippen LogP contribution < -0.4 is 15.4 Å². The van der Waals surface area contributed by atoms with Gasteiger partial charge in [-0.3, -0.25) is 4.79 Å². The number of nitrogens with one attached hydrogen (secondary N) is 3. The number of likely N-dealkylation sites (N-methyl/N-ethyl adjacent to an activating group) is 1. The molecule has 0 saturated carbocycles. The molecular weight excluding hydrogens is 323 g/mol. The molecule has 1 aromatic carbocycles. The van der Waals surface area contributed by atoms with Gasteiger partial charge in [-0.25, -0.2) is 13.1 Å². The van der Waals surface area contributed by atoms with Crippen molar-refractivity contribution in [1.29, 1.82) is 0 Å². The van der Waals surface area contributed by atoms with Gasteiger partial charge >= 0.3 is 6.18 Å². The lowest BCUT2D eigenvalue weighted by Gasteiger charge is -2.10. The highest BCUT2D eigenvalue weighted by Crippen LogP contribution is 2.14. The van der Waals surface area contributed by atoms with Gasteiger partial charge < -0.3 is 10.6 Å². The SMILES string of the molecule is CNCCNS(=O)(=O)c1cccc(C(=O)NCC(F)(F)F)c1. The van der Waals surface area contributed by atoms with Gasteiger partial charge in [0, 0.05) is 18.7 Å². The van der Waals surface area contributed by atoms with Crippen molar-refractivity contribution >= 4 is 15.9 Å². The Morgan fingerprint density at radius 1 is 1.23 bits per heavy atom. The van der Waals surface area contributed by atoms with Crippen LogP contribution in [-0.2, 0) is 10.0 Å². The second kappa shape index (κ2) is 7.56. The van der Waals surface area contributed by atoms with Gasteiger partial charge in [0.25, 0.3) is 5.91 Å². The van der Waals surface area contributed by atoms with Crippen LogP contribution in [0.3, 0.4) is 0 Å². The first kappa shape index (κ1) is 18.4. The summed E-state index contributed by atoms with van der Waals surface area (Å²) in [5, 5.41) is 4.44. The predicted octanol–water partition coefficient (Wildman–Crippen LogP) is 0.476. The molecular formula is C12H16F3N3O3S. The zero-order chi connectivity index (χ0) is 16.8. The van der Waals surface area contributed by atoms with Crippen LogP contribution in [0.1, 0.15) is 10.4 Å². The molecule has 124 valence electrons. The molecule has 0 spiro atoms. The molecule has 1 amide bonds. The summed E-state index contributed by atoms with van der Waals surface area (Å²) in [7, 11) is -2.17. The van der Waals surface area contributed by atoms with E-state index in [1.54, 1.807) is 12.4 Å². The summed E-state index contributed by atoms with van der Waals surface area (Å²) in [5.41, 5.74) is -0.166. The van der Waals surface area contributed by atoms with E-state index in [9.17, 15) is 26.4 Å². The lowest BCUT2D eigenvalue weighted by molar-refractivity contribution is -0.123. The fourth-order valence-electron chi connectivity index (χ4n) is 1.48. The second-order valence-corrected chi connectivity index (χ2v) is 6.09. The number of carbonyl (C=O) groups excluding carboxylic acids is 1. The van der Waals surface area contributed by atoms with Gasteiger partial charge in [-0.15, -0.1) is 0 Å². The molecule has 0 aromatic heterocycles. The molecule has 0 aliphatic heterocycles. The van der Waals surface area contributed by atoms with Crippen molar-refractivity contribution < 1.29 is 26.4 Å². The zero-order valence-electron chi connectivity index (χ0n) is 11.7. The van der Waals surface area contributed by atoms with Gasteiger partial charge in [-0.1, -0.05) is 6.07 Å². The summed E-state index contributed by atoms with van der Waals surface area (Å²) in [6.07, 6.45) is -4.53. The normalized spacial score (nSPS) is 12.2. The molecule has 1 aromatic rings. The number of benzene rings is 1. The molecule has 22 heavy (non-hydrogen) atoms. The van der Waals surface area contributed by atoms with Crippen molar-refractivity contribution in [2.24, 2.45) is 0 Å². The Labute approximate surface area is 126 Å². The van der Waals surface area contributed by atoms with Crippen molar-refractivity contribution in [1.82, 2.24) is 15.4 Å². The van der Waals surface area contributed by atoms with Crippen LogP contribution in [0.2, 0.25) is 0 Å². The average molecular weight is 339 g/mol. The van der Waals surface area contributed by atoms with Gasteiger partial charge in [0.15, 0.2) is 0 Å². The van der Waals surface area contributed by atoms with Gasteiger partial charge in [-0.05, 0) is 25.2 Å². The maximum Gasteiger partial charge on any atom is 0.405 e. The Hall–Kier alpha value is -1.65. The Balaban J connectivity index is 2.83. The van der Waals surface area contributed by atoms with Crippen molar-refractivity contribution in [3.8, 4) is 0 Å². The smallest absolute Gasteiger partial charge is 0.343 e. The third-order valence-corrected chi connectivity index (χ3v) is 3.98. The Morgan fingerprint density at radius 2 is 1.91 bits per heavy atom. The highest BCUT2D eigenvalue weighted by atomic mass is 32.2. The first-order chi connectivity index (χ1) is 10.2. The minimum absolute atomic E-state index is 0.142. The number of hydrogen-bond donors (Lipinski definition) is 3. The Kier molecular flexibility index (Phi) is 6.33. The lowest BCUT2D eigenvalue weighted by Crippen LogP contribution is -2.34. The van der Waals surface area contributed by atoms with E-state index in [-0.39, 0.29) is 17.0 Å². The van der Waals surface area contributed by atoms with E-state index in [4.69, 9.17) is 0 Å². The van der Waals surface area contributed by atoms with Crippen LogP contribution in [0.5, 0.6) is 0 Å². The van der Waals surface area contributed by atoms with E-state index >= 15 is 0 Å². The van der Waals surface area contributed by atoms with E-state index in [0.29, 0.717) is 6.54 Å². The maximum absolute atomic E-state index is 12.0. The number of sulfonamides is 1. The first-order valence-corrected chi connectivity index (χ1v) is 7.73. The summed E-state index contributed by atoms with van der Waals surface area (Å²) in [6, 6.07) is 4.79. The molecule has 0 heterocycles. The molecule has 10 heteroatoms. The topological polar surface area (TPSA) is 87.3 Å². The molecule has 3 N–H and O–H groups in total. The lowest BCUT2D eigenvalue weighted by atomic mass is 10.2. The molecule has 1 rings (SSSR count). The molecule has 0 bridgehead atoms. The minimum atomic E-state index is -4.53.